The van der Waals surface area contributed by atoms with Crippen LogP contribution in [-0.2, 0) is 0 Å². The number of aryl methyl sites for hydroxylation is 1. The van der Waals surface area contributed by atoms with Crippen LogP contribution in [0.1, 0.15) is 29.0 Å². The monoisotopic (exact) mass is 228 g/mol. The number of aliphatic hydroxyl groups is 1. The summed E-state index contributed by atoms with van der Waals surface area (Å²) in [5, 5.41) is 10.2. The van der Waals surface area contributed by atoms with Crippen molar-refractivity contribution in [2.45, 2.75) is 19.1 Å². The van der Waals surface area contributed by atoms with Gasteiger partial charge in [0.05, 0.1) is 12.1 Å². The first kappa shape index (κ1) is 11.8. The van der Waals surface area contributed by atoms with Crippen LogP contribution in [-0.4, -0.2) is 10.1 Å². The van der Waals surface area contributed by atoms with Crippen LogP contribution >= 0.6 is 0 Å². The first-order valence-electron chi connectivity index (χ1n) is 5.59. The predicted octanol–water partition coefficient (Wildman–Crippen LogP) is 2.12. The molecule has 1 aromatic heterocycles. The Labute approximate surface area is 101 Å². The molecule has 0 saturated carbocycles. The Morgan fingerprint density at radius 1 is 1.06 bits per heavy atom. The van der Waals surface area contributed by atoms with Gasteiger partial charge < -0.3 is 10.8 Å². The van der Waals surface area contributed by atoms with Gasteiger partial charge in [-0.1, -0.05) is 36.4 Å². The van der Waals surface area contributed by atoms with Crippen molar-refractivity contribution in [3.63, 3.8) is 0 Å². The lowest BCUT2D eigenvalue weighted by atomic mass is 9.98. The fraction of sp³-hybridized carbons (Fsp3) is 0.214. The summed E-state index contributed by atoms with van der Waals surface area (Å²) in [5.41, 5.74) is 8.62. The third-order valence-electron chi connectivity index (χ3n) is 2.80. The molecule has 2 rings (SSSR count). The predicted molar refractivity (Wildman–Crippen MR) is 67.3 cm³/mol. The number of nitrogens with two attached hydrogens (primary N) is 1. The molecule has 2 aromatic rings. The second-order valence-electron chi connectivity index (χ2n) is 4.11. The van der Waals surface area contributed by atoms with E-state index in [1.165, 1.54) is 0 Å². The summed E-state index contributed by atoms with van der Waals surface area (Å²) in [7, 11) is 0. The molecular formula is C14H16N2O. The molecule has 0 bridgehead atoms. The molecule has 3 nitrogen and oxygen atoms in total. The standard InChI is InChI=1S/C14H16N2O/c1-10-7-8-12(9-16-10)14(17)13(15)11-5-3-2-4-6-11/h2-9,13-14,17H,15H2,1H3. The Kier molecular flexibility index (Phi) is 3.52. The highest BCUT2D eigenvalue weighted by Crippen LogP contribution is 2.25. The van der Waals surface area contributed by atoms with Gasteiger partial charge in [-0.05, 0) is 18.6 Å². The minimum atomic E-state index is -0.731. The first-order chi connectivity index (χ1) is 8.18. The lowest BCUT2D eigenvalue weighted by molar-refractivity contribution is 0.146. The number of aliphatic hydroxyl groups excluding tert-OH is 1. The van der Waals surface area contributed by atoms with E-state index in [4.69, 9.17) is 5.73 Å². The van der Waals surface area contributed by atoms with Crippen LogP contribution in [0.25, 0.3) is 0 Å². The summed E-state index contributed by atoms with van der Waals surface area (Å²) in [6.07, 6.45) is 0.938. The first-order valence-corrected chi connectivity index (χ1v) is 5.59. The summed E-state index contributed by atoms with van der Waals surface area (Å²) >= 11 is 0. The Balaban J connectivity index is 2.20. The zero-order valence-corrected chi connectivity index (χ0v) is 9.75. The summed E-state index contributed by atoms with van der Waals surface area (Å²) in [4.78, 5) is 4.16. The molecule has 0 aliphatic carbocycles. The molecule has 2 unspecified atom stereocenters. The highest BCUT2D eigenvalue weighted by Gasteiger charge is 2.18. The molecule has 3 N–H and O–H groups in total. The minimum absolute atomic E-state index is 0.430. The summed E-state index contributed by atoms with van der Waals surface area (Å²) in [6, 6.07) is 12.9. The Morgan fingerprint density at radius 2 is 1.76 bits per heavy atom. The molecule has 1 heterocycles. The average Bonchev–Trinajstić information content (AvgIpc) is 2.39. The largest absolute Gasteiger partial charge is 0.386 e. The van der Waals surface area contributed by atoms with E-state index in [9.17, 15) is 5.11 Å². The van der Waals surface area contributed by atoms with E-state index >= 15 is 0 Å². The van der Waals surface area contributed by atoms with Gasteiger partial charge in [0.15, 0.2) is 0 Å². The normalized spacial score (nSPS) is 14.3. The van der Waals surface area contributed by atoms with E-state index in [1.54, 1.807) is 6.20 Å². The summed E-state index contributed by atoms with van der Waals surface area (Å²) in [5.74, 6) is 0. The number of hydrogen-bond acceptors (Lipinski definition) is 3. The van der Waals surface area contributed by atoms with Crippen LogP contribution in [0, 0.1) is 6.92 Å². The number of rotatable bonds is 3. The Morgan fingerprint density at radius 3 is 2.35 bits per heavy atom. The Bertz CT molecular complexity index is 467. The molecule has 2 atom stereocenters. The molecule has 0 saturated heterocycles. The van der Waals surface area contributed by atoms with Crippen LogP contribution in [0.3, 0.4) is 0 Å². The van der Waals surface area contributed by atoms with Gasteiger partial charge in [-0.3, -0.25) is 4.98 Å². The molecule has 17 heavy (non-hydrogen) atoms. The zero-order valence-electron chi connectivity index (χ0n) is 9.75. The van der Waals surface area contributed by atoms with Crippen molar-refractivity contribution < 1.29 is 5.11 Å². The van der Waals surface area contributed by atoms with Gasteiger partial charge in [0.1, 0.15) is 0 Å². The van der Waals surface area contributed by atoms with Gasteiger partial charge in [0, 0.05) is 17.5 Å². The lowest BCUT2D eigenvalue weighted by Crippen LogP contribution is -2.19. The van der Waals surface area contributed by atoms with Gasteiger partial charge in [-0.2, -0.15) is 0 Å². The maximum atomic E-state index is 10.2. The smallest absolute Gasteiger partial charge is 0.0997 e. The van der Waals surface area contributed by atoms with Gasteiger partial charge >= 0.3 is 0 Å². The van der Waals surface area contributed by atoms with Crippen molar-refractivity contribution in [1.29, 1.82) is 0 Å². The molecule has 0 radical (unpaired) electrons. The molecule has 88 valence electrons. The Hall–Kier alpha value is -1.71. The number of nitrogens with zero attached hydrogens (tertiary/aromatic N) is 1. The second-order valence-corrected chi connectivity index (χ2v) is 4.11. The average molecular weight is 228 g/mol. The van der Waals surface area contributed by atoms with E-state index in [2.05, 4.69) is 4.98 Å². The number of aromatic nitrogens is 1. The lowest BCUT2D eigenvalue weighted by Gasteiger charge is -2.19. The SMILES string of the molecule is Cc1ccc(C(O)C(N)c2ccccc2)cn1. The van der Waals surface area contributed by atoms with E-state index in [0.29, 0.717) is 0 Å². The van der Waals surface area contributed by atoms with Crippen molar-refractivity contribution in [2.75, 3.05) is 0 Å². The van der Waals surface area contributed by atoms with Crippen molar-refractivity contribution in [1.82, 2.24) is 4.98 Å². The molecule has 1 aromatic carbocycles. The van der Waals surface area contributed by atoms with Crippen molar-refractivity contribution >= 4 is 0 Å². The fourth-order valence-electron chi connectivity index (χ4n) is 1.72. The molecule has 0 fully saturated rings. The summed E-state index contributed by atoms with van der Waals surface area (Å²) in [6.45, 7) is 1.91. The summed E-state index contributed by atoms with van der Waals surface area (Å²) < 4.78 is 0. The van der Waals surface area contributed by atoms with Crippen LogP contribution in [0.2, 0.25) is 0 Å². The number of pyridine rings is 1. The van der Waals surface area contributed by atoms with Crippen LogP contribution < -0.4 is 5.73 Å². The van der Waals surface area contributed by atoms with E-state index in [-0.39, 0.29) is 0 Å². The third kappa shape index (κ3) is 2.70. The minimum Gasteiger partial charge on any atom is -0.386 e. The van der Waals surface area contributed by atoms with Gasteiger partial charge in [0.25, 0.3) is 0 Å². The zero-order chi connectivity index (χ0) is 12.3. The van der Waals surface area contributed by atoms with Crippen molar-refractivity contribution in [2.24, 2.45) is 5.73 Å². The number of hydrogen-bond donors (Lipinski definition) is 2. The topological polar surface area (TPSA) is 59.1 Å². The second kappa shape index (κ2) is 5.08. The molecule has 0 aliphatic rings. The van der Waals surface area contributed by atoms with E-state index in [1.807, 2.05) is 49.4 Å². The van der Waals surface area contributed by atoms with Crippen LogP contribution in [0.5, 0.6) is 0 Å². The maximum absolute atomic E-state index is 10.2. The molecular weight excluding hydrogens is 212 g/mol. The molecule has 3 heteroatoms. The third-order valence-corrected chi connectivity index (χ3v) is 2.80. The number of benzene rings is 1. The molecule has 0 aliphatic heterocycles. The van der Waals surface area contributed by atoms with Crippen LogP contribution in [0.15, 0.2) is 48.7 Å². The van der Waals surface area contributed by atoms with Gasteiger partial charge in [-0.25, -0.2) is 0 Å². The van der Waals surface area contributed by atoms with Crippen molar-refractivity contribution in [3.05, 3.63) is 65.5 Å². The van der Waals surface area contributed by atoms with E-state index < -0.39 is 12.1 Å². The highest BCUT2D eigenvalue weighted by molar-refractivity contribution is 5.24. The van der Waals surface area contributed by atoms with Crippen molar-refractivity contribution in [3.8, 4) is 0 Å². The molecule has 0 amide bonds. The highest BCUT2D eigenvalue weighted by atomic mass is 16.3. The fourth-order valence-corrected chi connectivity index (χ4v) is 1.72. The molecule has 0 spiro atoms. The van der Waals surface area contributed by atoms with Crippen LogP contribution in [0.4, 0.5) is 0 Å². The van der Waals surface area contributed by atoms with Gasteiger partial charge in [-0.15, -0.1) is 0 Å². The maximum Gasteiger partial charge on any atom is 0.0997 e. The quantitative estimate of drug-likeness (QED) is 0.846. The van der Waals surface area contributed by atoms with Gasteiger partial charge in [0.2, 0.25) is 0 Å². The van der Waals surface area contributed by atoms with E-state index in [0.717, 1.165) is 16.8 Å².